The first-order valence-electron chi connectivity index (χ1n) is 9.50. The molecule has 0 unspecified atom stereocenters. The van der Waals surface area contributed by atoms with Gasteiger partial charge in [0.2, 0.25) is 5.91 Å². The lowest BCUT2D eigenvalue weighted by Crippen LogP contribution is -2.43. The van der Waals surface area contributed by atoms with Gasteiger partial charge in [0.25, 0.3) is 0 Å². The van der Waals surface area contributed by atoms with Crippen LogP contribution in [0.4, 0.5) is 4.39 Å². The molecule has 1 heterocycles. The molecule has 1 N–H and O–H groups in total. The molecule has 0 radical (unpaired) electrons. The zero-order chi connectivity index (χ0) is 20.4. The van der Waals surface area contributed by atoms with Crippen LogP contribution in [0.2, 0.25) is 0 Å². The van der Waals surface area contributed by atoms with Gasteiger partial charge in [-0.1, -0.05) is 18.2 Å². The van der Waals surface area contributed by atoms with E-state index in [1.165, 1.54) is 18.2 Å². The van der Waals surface area contributed by atoms with Crippen molar-refractivity contribution in [3.05, 3.63) is 47.8 Å². The Labute approximate surface area is 169 Å². The van der Waals surface area contributed by atoms with E-state index in [0.29, 0.717) is 24.9 Å². The molecule has 2 rings (SSSR count). The number of thioether (sulfide) groups is 1. The van der Waals surface area contributed by atoms with Crippen LogP contribution in [0.5, 0.6) is 0 Å². The van der Waals surface area contributed by atoms with Crippen molar-refractivity contribution in [2.24, 2.45) is 0 Å². The average Bonchev–Trinajstić information content (AvgIpc) is 2.64. The van der Waals surface area contributed by atoms with Crippen LogP contribution in [0.25, 0.3) is 0 Å². The van der Waals surface area contributed by atoms with E-state index in [2.05, 4.69) is 0 Å². The van der Waals surface area contributed by atoms with Crippen molar-refractivity contribution in [3.63, 3.8) is 0 Å². The summed E-state index contributed by atoms with van der Waals surface area (Å²) < 4.78 is 13.2. The molecule has 1 saturated heterocycles. The number of halogens is 1. The second-order valence-electron chi connectivity index (χ2n) is 6.79. The van der Waals surface area contributed by atoms with Crippen LogP contribution in [-0.4, -0.2) is 51.8 Å². The Balaban J connectivity index is 1.83. The minimum Gasteiger partial charge on any atom is -0.481 e. The molecule has 0 aliphatic carbocycles. The second-order valence-corrected chi connectivity index (χ2v) is 8.01. The fraction of sp³-hybridized carbons (Fsp3) is 0.476. The third-order valence-electron chi connectivity index (χ3n) is 4.54. The van der Waals surface area contributed by atoms with Gasteiger partial charge in [-0.05, 0) is 48.8 Å². The fourth-order valence-electron chi connectivity index (χ4n) is 3.15. The maximum Gasteiger partial charge on any atom is 0.303 e. The zero-order valence-electron chi connectivity index (χ0n) is 15.8. The molecule has 1 aliphatic rings. The lowest BCUT2D eigenvalue weighted by atomic mass is 10.00. The number of benzene rings is 1. The van der Waals surface area contributed by atoms with E-state index in [9.17, 15) is 18.8 Å². The number of amides is 1. The van der Waals surface area contributed by atoms with Gasteiger partial charge < -0.3 is 10.0 Å². The van der Waals surface area contributed by atoms with Gasteiger partial charge in [-0.25, -0.2) is 4.39 Å². The van der Waals surface area contributed by atoms with Crippen LogP contribution in [0, 0.1) is 5.82 Å². The van der Waals surface area contributed by atoms with E-state index in [0.717, 1.165) is 24.3 Å². The number of hydrogen-bond acceptors (Lipinski definition) is 4. The summed E-state index contributed by atoms with van der Waals surface area (Å²) in [5.41, 5.74) is 0.629. The topological polar surface area (TPSA) is 74.7 Å². The Morgan fingerprint density at radius 2 is 2.14 bits per heavy atom. The number of ketones is 1. The molecule has 0 aromatic heterocycles. The number of aliphatic carboxylic acids is 1. The lowest BCUT2D eigenvalue weighted by Gasteiger charge is -2.34. The molecule has 152 valence electrons. The standard InChI is InChI=1S/C21H26FNO4S/c22-17-5-1-4-16(14-17)15-19(24)10-9-18-6-2-7-20(25)23(18)11-13-28-12-3-8-21(26)27/h1,4-5,9-10,14,18H,2-3,6-8,11-13,15H2,(H,26,27)/b10-9+/t18-/m1/s1. The van der Waals surface area contributed by atoms with Crippen molar-refractivity contribution >= 4 is 29.4 Å². The van der Waals surface area contributed by atoms with Gasteiger partial charge in [0.1, 0.15) is 5.82 Å². The van der Waals surface area contributed by atoms with Crippen LogP contribution in [-0.2, 0) is 20.8 Å². The first kappa shape index (κ1) is 22.1. The van der Waals surface area contributed by atoms with Crippen LogP contribution >= 0.6 is 11.8 Å². The van der Waals surface area contributed by atoms with Gasteiger partial charge in [-0.3, -0.25) is 14.4 Å². The number of carbonyl (C=O) groups is 3. The number of allylic oxidation sites excluding steroid dienone is 1. The Morgan fingerprint density at radius 1 is 1.32 bits per heavy atom. The van der Waals surface area contributed by atoms with Gasteiger partial charge in [-0.15, -0.1) is 0 Å². The average molecular weight is 408 g/mol. The largest absolute Gasteiger partial charge is 0.481 e. The van der Waals surface area contributed by atoms with Gasteiger partial charge >= 0.3 is 5.97 Å². The number of carboxylic acids is 1. The van der Waals surface area contributed by atoms with E-state index in [4.69, 9.17) is 5.11 Å². The van der Waals surface area contributed by atoms with E-state index in [1.807, 2.05) is 0 Å². The van der Waals surface area contributed by atoms with Crippen molar-refractivity contribution in [3.8, 4) is 0 Å². The molecule has 5 nitrogen and oxygen atoms in total. The summed E-state index contributed by atoms with van der Waals surface area (Å²) in [7, 11) is 0. The van der Waals surface area contributed by atoms with Crippen molar-refractivity contribution in [1.82, 2.24) is 4.90 Å². The van der Waals surface area contributed by atoms with E-state index in [1.54, 1.807) is 34.9 Å². The molecular weight excluding hydrogens is 381 g/mol. The third-order valence-corrected chi connectivity index (χ3v) is 5.59. The van der Waals surface area contributed by atoms with Gasteiger partial charge in [0.05, 0.1) is 6.04 Å². The van der Waals surface area contributed by atoms with E-state index in [-0.39, 0.29) is 36.4 Å². The van der Waals surface area contributed by atoms with Gasteiger partial charge in [0.15, 0.2) is 5.78 Å². The minimum atomic E-state index is -0.792. The fourth-order valence-corrected chi connectivity index (χ4v) is 4.03. The minimum absolute atomic E-state index is 0.0876. The van der Waals surface area contributed by atoms with E-state index < -0.39 is 5.97 Å². The molecule has 1 aliphatic heterocycles. The van der Waals surface area contributed by atoms with Crippen molar-refractivity contribution in [1.29, 1.82) is 0 Å². The van der Waals surface area contributed by atoms with E-state index >= 15 is 0 Å². The first-order chi connectivity index (χ1) is 13.5. The van der Waals surface area contributed by atoms with Crippen LogP contribution in [0.1, 0.15) is 37.7 Å². The Kier molecular flexibility index (Phi) is 9.20. The predicted molar refractivity (Wildman–Crippen MR) is 108 cm³/mol. The summed E-state index contributed by atoms with van der Waals surface area (Å²) in [5.74, 6) is 0.309. The zero-order valence-corrected chi connectivity index (χ0v) is 16.6. The summed E-state index contributed by atoms with van der Waals surface area (Å²) >= 11 is 1.64. The molecule has 28 heavy (non-hydrogen) atoms. The molecule has 0 spiro atoms. The summed E-state index contributed by atoms with van der Waals surface area (Å²) in [6.45, 7) is 0.587. The van der Waals surface area contributed by atoms with Gasteiger partial charge in [0, 0.05) is 31.6 Å². The van der Waals surface area contributed by atoms with Crippen LogP contribution < -0.4 is 0 Å². The maximum absolute atomic E-state index is 13.2. The predicted octanol–water partition coefficient (Wildman–Crippen LogP) is 3.47. The van der Waals surface area contributed by atoms with Crippen molar-refractivity contribution in [2.45, 2.75) is 44.6 Å². The number of rotatable bonds is 11. The molecule has 1 fully saturated rings. The monoisotopic (exact) mass is 407 g/mol. The lowest BCUT2D eigenvalue weighted by molar-refractivity contribution is -0.137. The number of piperidine rings is 1. The van der Waals surface area contributed by atoms with Gasteiger partial charge in [-0.2, -0.15) is 11.8 Å². The maximum atomic E-state index is 13.2. The molecule has 7 heteroatoms. The molecule has 1 amide bonds. The molecular formula is C21H26FNO4S. The molecule has 1 atom stereocenters. The Morgan fingerprint density at radius 3 is 2.89 bits per heavy atom. The Bertz CT molecular complexity index is 722. The highest BCUT2D eigenvalue weighted by atomic mass is 32.2. The molecule has 1 aromatic rings. The molecule has 0 bridgehead atoms. The highest BCUT2D eigenvalue weighted by Crippen LogP contribution is 2.20. The SMILES string of the molecule is O=C(O)CCCSCCN1C(=O)CCC[C@@H]1/C=C/C(=O)Cc1cccc(F)c1. The normalized spacial score (nSPS) is 17.2. The van der Waals surface area contributed by atoms with Crippen LogP contribution in [0.15, 0.2) is 36.4 Å². The number of carbonyl (C=O) groups excluding carboxylic acids is 2. The number of carboxylic acid groups (broad SMARTS) is 1. The van der Waals surface area contributed by atoms with Crippen molar-refractivity contribution in [2.75, 3.05) is 18.1 Å². The second kappa shape index (κ2) is 11.6. The third kappa shape index (κ3) is 7.84. The molecule has 1 aromatic carbocycles. The summed E-state index contributed by atoms with van der Waals surface area (Å²) in [6.07, 6.45) is 6.34. The highest BCUT2D eigenvalue weighted by molar-refractivity contribution is 7.99. The summed E-state index contributed by atoms with van der Waals surface area (Å²) in [4.78, 5) is 36.8. The summed E-state index contributed by atoms with van der Waals surface area (Å²) in [5, 5.41) is 8.64. The smallest absolute Gasteiger partial charge is 0.303 e. The quantitative estimate of drug-likeness (QED) is 0.449. The number of nitrogens with zero attached hydrogens (tertiary/aromatic N) is 1. The summed E-state index contributed by atoms with van der Waals surface area (Å²) in [6, 6.07) is 5.89. The van der Waals surface area contributed by atoms with Crippen LogP contribution in [0.3, 0.4) is 0 Å². The first-order valence-corrected chi connectivity index (χ1v) is 10.7. The molecule has 0 saturated carbocycles. The van der Waals surface area contributed by atoms with Crippen molar-refractivity contribution < 1.29 is 23.9 Å². The highest BCUT2D eigenvalue weighted by Gasteiger charge is 2.25. The Hall–Kier alpha value is -2.15. The number of likely N-dealkylation sites (tertiary alicyclic amines) is 1. The number of hydrogen-bond donors (Lipinski definition) is 1.